The molecule has 0 spiro atoms. The van der Waals surface area contributed by atoms with E-state index < -0.39 is 11.6 Å². The van der Waals surface area contributed by atoms with Crippen molar-refractivity contribution in [2.75, 3.05) is 13.1 Å². The minimum atomic E-state index is -0.464. The standard InChI is InChI=1S/C26H22ClF2N3O2S/c1-3-31(4-2)24(33)16-8-13-19-23(14-16)30-26(35-15-20-21(27)6-5-7-22(20)29)32(25(19)34)18-11-9-17(28)10-12-18/h5-14H,3-4,15H2,1-2H3. The second kappa shape index (κ2) is 10.6. The van der Waals surface area contributed by atoms with E-state index in [1.807, 2.05) is 13.8 Å². The van der Waals surface area contributed by atoms with E-state index >= 15 is 0 Å². The third kappa shape index (κ3) is 5.09. The van der Waals surface area contributed by atoms with Gasteiger partial charge in [0.1, 0.15) is 11.6 Å². The van der Waals surface area contributed by atoms with Crippen LogP contribution in [0.3, 0.4) is 0 Å². The van der Waals surface area contributed by atoms with Gasteiger partial charge in [-0.15, -0.1) is 0 Å². The number of hydrogen-bond acceptors (Lipinski definition) is 4. The highest BCUT2D eigenvalue weighted by Gasteiger charge is 2.18. The number of halogens is 3. The number of aromatic nitrogens is 2. The molecule has 0 aliphatic heterocycles. The van der Waals surface area contributed by atoms with Crippen LogP contribution in [0.25, 0.3) is 16.6 Å². The van der Waals surface area contributed by atoms with Crippen molar-refractivity contribution in [3.05, 3.63) is 98.8 Å². The van der Waals surface area contributed by atoms with Gasteiger partial charge in [-0.3, -0.25) is 14.2 Å². The highest BCUT2D eigenvalue weighted by molar-refractivity contribution is 7.98. The van der Waals surface area contributed by atoms with E-state index in [0.717, 1.165) is 11.8 Å². The molecule has 0 saturated heterocycles. The quantitative estimate of drug-likeness (QED) is 0.221. The molecular formula is C26H22ClF2N3O2S. The van der Waals surface area contributed by atoms with Gasteiger partial charge in [-0.2, -0.15) is 0 Å². The number of carbonyl (C=O) groups is 1. The van der Waals surface area contributed by atoms with Gasteiger partial charge in [-0.1, -0.05) is 29.4 Å². The third-order valence-electron chi connectivity index (χ3n) is 5.63. The Morgan fingerprint density at radius 2 is 1.77 bits per heavy atom. The summed E-state index contributed by atoms with van der Waals surface area (Å²) in [7, 11) is 0. The fraction of sp³-hybridized carbons (Fsp3) is 0.192. The molecule has 9 heteroatoms. The van der Waals surface area contributed by atoms with Crippen molar-refractivity contribution in [2.45, 2.75) is 24.8 Å². The molecule has 0 aliphatic rings. The van der Waals surface area contributed by atoms with Crippen molar-refractivity contribution in [1.29, 1.82) is 0 Å². The summed E-state index contributed by atoms with van der Waals surface area (Å²) in [6.45, 7) is 4.89. The number of fused-ring (bicyclic) bond motifs is 1. The molecule has 180 valence electrons. The average Bonchev–Trinajstić information content (AvgIpc) is 2.85. The van der Waals surface area contributed by atoms with Crippen molar-refractivity contribution < 1.29 is 13.6 Å². The zero-order valence-corrected chi connectivity index (χ0v) is 20.7. The Hall–Kier alpha value is -3.23. The molecule has 0 atom stereocenters. The Balaban J connectivity index is 1.86. The monoisotopic (exact) mass is 513 g/mol. The molecule has 0 N–H and O–H groups in total. The van der Waals surface area contributed by atoms with Crippen LogP contribution in [0.15, 0.2) is 70.6 Å². The summed E-state index contributed by atoms with van der Waals surface area (Å²) in [5, 5.41) is 0.834. The Labute approximate surface area is 210 Å². The van der Waals surface area contributed by atoms with E-state index in [4.69, 9.17) is 11.6 Å². The first-order valence-electron chi connectivity index (χ1n) is 11.0. The maximum Gasteiger partial charge on any atom is 0.266 e. The predicted molar refractivity (Wildman–Crippen MR) is 136 cm³/mol. The molecule has 35 heavy (non-hydrogen) atoms. The summed E-state index contributed by atoms with van der Waals surface area (Å²) < 4.78 is 29.3. The van der Waals surface area contributed by atoms with Crippen LogP contribution < -0.4 is 5.56 Å². The zero-order valence-electron chi connectivity index (χ0n) is 19.1. The van der Waals surface area contributed by atoms with Crippen molar-refractivity contribution in [3.63, 3.8) is 0 Å². The molecule has 1 amide bonds. The number of amides is 1. The number of rotatable bonds is 7. The summed E-state index contributed by atoms with van der Waals surface area (Å²) in [4.78, 5) is 32.7. The zero-order chi connectivity index (χ0) is 25.1. The van der Waals surface area contributed by atoms with Gasteiger partial charge >= 0.3 is 0 Å². The van der Waals surface area contributed by atoms with Gasteiger partial charge in [0.15, 0.2) is 5.16 Å². The van der Waals surface area contributed by atoms with E-state index in [1.165, 1.54) is 41.0 Å². The van der Waals surface area contributed by atoms with Crippen LogP contribution in [0.1, 0.15) is 29.8 Å². The van der Waals surface area contributed by atoms with Crippen LogP contribution in [0.5, 0.6) is 0 Å². The first-order valence-corrected chi connectivity index (χ1v) is 12.4. The summed E-state index contributed by atoms with van der Waals surface area (Å²) in [6.07, 6.45) is 0. The SMILES string of the molecule is CCN(CC)C(=O)c1ccc2c(=O)n(-c3ccc(F)cc3)c(SCc3c(F)cccc3Cl)nc2c1. The Morgan fingerprint density at radius 1 is 1.06 bits per heavy atom. The van der Waals surface area contributed by atoms with Gasteiger partial charge in [0.25, 0.3) is 11.5 Å². The lowest BCUT2D eigenvalue weighted by Crippen LogP contribution is -2.30. The molecule has 1 heterocycles. The maximum atomic E-state index is 14.4. The third-order valence-corrected chi connectivity index (χ3v) is 6.95. The summed E-state index contributed by atoms with van der Waals surface area (Å²) in [6, 6.07) is 14.6. The van der Waals surface area contributed by atoms with Crippen molar-refractivity contribution >= 4 is 40.2 Å². The van der Waals surface area contributed by atoms with Crippen LogP contribution >= 0.6 is 23.4 Å². The fourth-order valence-corrected chi connectivity index (χ4v) is 5.07. The minimum absolute atomic E-state index is 0.114. The molecule has 5 nitrogen and oxygen atoms in total. The van der Waals surface area contributed by atoms with Crippen LogP contribution in [0, 0.1) is 11.6 Å². The number of thioether (sulfide) groups is 1. The first-order chi connectivity index (χ1) is 16.8. The fourth-order valence-electron chi connectivity index (χ4n) is 3.71. The highest BCUT2D eigenvalue weighted by atomic mass is 35.5. The molecule has 0 radical (unpaired) electrons. The molecule has 0 bridgehead atoms. The second-order valence-corrected chi connectivity index (χ2v) is 9.06. The van der Waals surface area contributed by atoms with Crippen molar-refractivity contribution in [2.24, 2.45) is 0 Å². The lowest BCUT2D eigenvalue weighted by Gasteiger charge is -2.19. The summed E-state index contributed by atoms with van der Waals surface area (Å²) >= 11 is 7.31. The van der Waals surface area contributed by atoms with Crippen molar-refractivity contribution in [1.82, 2.24) is 14.5 Å². The number of carbonyl (C=O) groups excluding carboxylic acids is 1. The first kappa shape index (κ1) is 24.9. The van der Waals surface area contributed by atoms with Crippen molar-refractivity contribution in [3.8, 4) is 5.69 Å². The number of hydrogen-bond donors (Lipinski definition) is 0. The van der Waals surface area contributed by atoms with Gasteiger partial charge in [0.2, 0.25) is 0 Å². The minimum Gasteiger partial charge on any atom is -0.339 e. The molecule has 1 aromatic heterocycles. The Kier molecular flexibility index (Phi) is 7.52. The second-order valence-electron chi connectivity index (χ2n) is 7.71. The van der Waals surface area contributed by atoms with Gasteiger partial charge in [-0.05, 0) is 68.4 Å². The van der Waals surface area contributed by atoms with Crippen LogP contribution in [-0.4, -0.2) is 33.4 Å². The van der Waals surface area contributed by atoms with E-state index in [1.54, 1.807) is 29.2 Å². The van der Waals surface area contributed by atoms with E-state index in [9.17, 15) is 18.4 Å². The smallest absolute Gasteiger partial charge is 0.266 e. The highest BCUT2D eigenvalue weighted by Crippen LogP contribution is 2.29. The van der Waals surface area contributed by atoms with E-state index in [2.05, 4.69) is 4.98 Å². The molecule has 4 rings (SSSR count). The maximum absolute atomic E-state index is 14.4. The summed E-state index contributed by atoms with van der Waals surface area (Å²) in [5.74, 6) is -0.951. The molecule has 0 unspecified atom stereocenters. The number of benzene rings is 3. The Morgan fingerprint density at radius 3 is 2.43 bits per heavy atom. The topological polar surface area (TPSA) is 55.2 Å². The average molecular weight is 514 g/mol. The van der Waals surface area contributed by atoms with Gasteiger partial charge in [-0.25, -0.2) is 13.8 Å². The normalized spacial score (nSPS) is 11.1. The molecule has 4 aromatic rings. The molecule has 3 aromatic carbocycles. The molecule has 0 fully saturated rings. The van der Waals surface area contributed by atoms with Gasteiger partial charge in [0, 0.05) is 35.0 Å². The van der Waals surface area contributed by atoms with E-state index in [-0.39, 0.29) is 33.0 Å². The van der Waals surface area contributed by atoms with Crippen LogP contribution in [0.2, 0.25) is 5.02 Å². The van der Waals surface area contributed by atoms with Crippen LogP contribution in [0.4, 0.5) is 8.78 Å². The van der Waals surface area contributed by atoms with Gasteiger partial charge in [0.05, 0.1) is 16.6 Å². The molecule has 0 saturated carbocycles. The van der Waals surface area contributed by atoms with Crippen LogP contribution in [-0.2, 0) is 5.75 Å². The predicted octanol–water partition coefficient (Wildman–Crippen LogP) is 6.09. The van der Waals surface area contributed by atoms with Gasteiger partial charge < -0.3 is 4.90 Å². The summed E-state index contributed by atoms with van der Waals surface area (Å²) in [5.41, 5.74) is 1.07. The van der Waals surface area contributed by atoms with E-state index in [0.29, 0.717) is 35.2 Å². The lowest BCUT2D eigenvalue weighted by atomic mass is 10.1. The molecule has 0 aliphatic carbocycles. The number of nitrogens with zero attached hydrogens (tertiary/aromatic N) is 3. The Bertz CT molecular complexity index is 1430. The lowest BCUT2D eigenvalue weighted by molar-refractivity contribution is 0.0773. The largest absolute Gasteiger partial charge is 0.339 e. The molecular weight excluding hydrogens is 492 g/mol.